The van der Waals surface area contributed by atoms with Crippen LogP contribution in [0.5, 0.6) is 5.75 Å². The quantitative estimate of drug-likeness (QED) is 0.784. The maximum absolute atomic E-state index is 5.48. The van der Waals surface area contributed by atoms with Crippen molar-refractivity contribution in [3.63, 3.8) is 0 Å². The SMILES string of the molecule is Nc1cnc(COCCOc2ccccc2)cn1. The molecule has 0 spiro atoms. The molecule has 5 nitrogen and oxygen atoms in total. The van der Waals surface area contributed by atoms with Gasteiger partial charge in [-0.1, -0.05) is 18.2 Å². The lowest BCUT2D eigenvalue weighted by atomic mass is 10.3. The minimum Gasteiger partial charge on any atom is -0.491 e. The van der Waals surface area contributed by atoms with E-state index in [0.717, 1.165) is 11.4 Å². The average molecular weight is 245 g/mol. The summed E-state index contributed by atoms with van der Waals surface area (Å²) in [7, 11) is 0. The Morgan fingerprint density at radius 1 is 1.00 bits per heavy atom. The zero-order chi connectivity index (χ0) is 12.6. The minimum absolute atomic E-state index is 0.408. The molecular weight excluding hydrogens is 230 g/mol. The Labute approximate surface area is 106 Å². The van der Waals surface area contributed by atoms with E-state index in [1.54, 1.807) is 6.20 Å². The van der Waals surface area contributed by atoms with E-state index in [0.29, 0.717) is 25.6 Å². The van der Waals surface area contributed by atoms with Crippen LogP contribution in [0.25, 0.3) is 0 Å². The monoisotopic (exact) mass is 245 g/mol. The predicted octanol–water partition coefficient (Wildman–Crippen LogP) is 1.65. The van der Waals surface area contributed by atoms with Gasteiger partial charge < -0.3 is 15.2 Å². The van der Waals surface area contributed by atoms with Gasteiger partial charge in [0.1, 0.15) is 18.2 Å². The molecule has 0 saturated heterocycles. The van der Waals surface area contributed by atoms with E-state index in [2.05, 4.69) is 9.97 Å². The zero-order valence-electron chi connectivity index (χ0n) is 9.95. The van der Waals surface area contributed by atoms with Gasteiger partial charge in [-0.3, -0.25) is 4.98 Å². The molecule has 0 atom stereocenters. The van der Waals surface area contributed by atoms with Crippen LogP contribution in [0, 0.1) is 0 Å². The molecule has 1 heterocycles. The van der Waals surface area contributed by atoms with Gasteiger partial charge in [-0.25, -0.2) is 4.98 Å². The number of nitrogen functional groups attached to an aromatic ring is 1. The average Bonchev–Trinajstić information content (AvgIpc) is 2.42. The van der Waals surface area contributed by atoms with Crippen LogP contribution < -0.4 is 10.5 Å². The summed E-state index contributed by atoms with van der Waals surface area (Å²) >= 11 is 0. The molecular formula is C13H15N3O2. The zero-order valence-corrected chi connectivity index (χ0v) is 9.95. The van der Waals surface area contributed by atoms with Crippen molar-refractivity contribution >= 4 is 5.82 Å². The van der Waals surface area contributed by atoms with Crippen LogP contribution in [0.2, 0.25) is 0 Å². The van der Waals surface area contributed by atoms with Crippen molar-refractivity contribution < 1.29 is 9.47 Å². The number of ether oxygens (including phenoxy) is 2. The maximum atomic E-state index is 5.48. The number of para-hydroxylation sites is 1. The van der Waals surface area contributed by atoms with Crippen molar-refractivity contribution in [1.29, 1.82) is 0 Å². The third kappa shape index (κ3) is 4.03. The van der Waals surface area contributed by atoms with Gasteiger partial charge in [0.25, 0.3) is 0 Å². The van der Waals surface area contributed by atoms with Crippen molar-refractivity contribution in [3.8, 4) is 5.75 Å². The highest BCUT2D eigenvalue weighted by molar-refractivity contribution is 5.22. The smallest absolute Gasteiger partial charge is 0.141 e. The summed E-state index contributed by atoms with van der Waals surface area (Å²) in [5.74, 6) is 1.25. The first-order chi connectivity index (χ1) is 8.84. The van der Waals surface area contributed by atoms with Gasteiger partial charge in [0.2, 0.25) is 0 Å². The lowest BCUT2D eigenvalue weighted by Gasteiger charge is -2.06. The van der Waals surface area contributed by atoms with E-state index in [-0.39, 0.29) is 0 Å². The Kier molecular flexibility index (Phi) is 4.49. The third-order valence-corrected chi connectivity index (χ3v) is 2.21. The highest BCUT2D eigenvalue weighted by Crippen LogP contribution is 2.07. The summed E-state index contributed by atoms with van der Waals surface area (Å²) in [5.41, 5.74) is 6.19. The second-order valence-electron chi connectivity index (χ2n) is 3.65. The molecule has 1 aromatic carbocycles. The Balaban J connectivity index is 1.63. The lowest BCUT2D eigenvalue weighted by molar-refractivity contribution is 0.0868. The second kappa shape index (κ2) is 6.56. The van der Waals surface area contributed by atoms with E-state index in [4.69, 9.17) is 15.2 Å². The largest absolute Gasteiger partial charge is 0.491 e. The highest BCUT2D eigenvalue weighted by atomic mass is 16.5. The molecule has 0 unspecified atom stereocenters. The van der Waals surface area contributed by atoms with Crippen molar-refractivity contribution in [2.75, 3.05) is 18.9 Å². The number of aromatic nitrogens is 2. The fourth-order valence-electron chi connectivity index (χ4n) is 1.35. The van der Waals surface area contributed by atoms with E-state index >= 15 is 0 Å². The summed E-state index contributed by atoms with van der Waals surface area (Å²) in [4.78, 5) is 8.01. The molecule has 2 N–H and O–H groups in total. The van der Waals surface area contributed by atoms with Gasteiger partial charge in [-0.2, -0.15) is 0 Å². The first-order valence-corrected chi connectivity index (χ1v) is 5.66. The minimum atomic E-state index is 0.408. The molecule has 2 rings (SSSR count). The molecule has 0 aliphatic rings. The maximum Gasteiger partial charge on any atom is 0.141 e. The first kappa shape index (κ1) is 12.3. The fraction of sp³-hybridized carbons (Fsp3) is 0.231. The Morgan fingerprint density at radius 2 is 1.83 bits per heavy atom. The molecule has 0 saturated carbocycles. The van der Waals surface area contributed by atoms with Gasteiger partial charge in [0, 0.05) is 0 Å². The van der Waals surface area contributed by atoms with Gasteiger partial charge >= 0.3 is 0 Å². The van der Waals surface area contributed by atoms with E-state index in [1.165, 1.54) is 6.20 Å². The van der Waals surface area contributed by atoms with Crippen molar-refractivity contribution in [1.82, 2.24) is 9.97 Å². The molecule has 0 radical (unpaired) electrons. The second-order valence-corrected chi connectivity index (χ2v) is 3.65. The predicted molar refractivity (Wildman–Crippen MR) is 68.0 cm³/mol. The Morgan fingerprint density at radius 3 is 2.56 bits per heavy atom. The van der Waals surface area contributed by atoms with E-state index in [1.807, 2.05) is 30.3 Å². The molecule has 0 amide bonds. The van der Waals surface area contributed by atoms with Crippen molar-refractivity contribution in [3.05, 3.63) is 48.4 Å². The topological polar surface area (TPSA) is 70.3 Å². The normalized spacial score (nSPS) is 10.2. The molecule has 0 bridgehead atoms. The summed E-state index contributed by atoms with van der Waals surface area (Å²) in [6.45, 7) is 1.42. The van der Waals surface area contributed by atoms with Crippen molar-refractivity contribution in [2.24, 2.45) is 0 Å². The van der Waals surface area contributed by atoms with Gasteiger partial charge in [0.15, 0.2) is 0 Å². The van der Waals surface area contributed by atoms with Crippen LogP contribution >= 0.6 is 0 Å². The summed E-state index contributed by atoms with van der Waals surface area (Å²) in [5, 5.41) is 0. The third-order valence-electron chi connectivity index (χ3n) is 2.21. The highest BCUT2D eigenvalue weighted by Gasteiger charge is 1.96. The summed E-state index contributed by atoms with van der Waals surface area (Å²) < 4.78 is 10.9. The van der Waals surface area contributed by atoms with Crippen LogP contribution in [-0.4, -0.2) is 23.2 Å². The summed E-state index contributed by atoms with van der Waals surface area (Å²) in [6.07, 6.45) is 3.12. The lowest BCUT2D eigenvalue weighted by Crippen LogP contribution is -2.07. The molecule has 0 aliphatic carbocycles. The number of anilines is 1. The molecule has 5 heteroatoms. The number of benzene rings is 1. The number of hydrogen-bond donors (Lipinski definition) is 1. The number of nitrogens with zero attached hydrogens (tertiary/aromatic N) is 2. The molecule has 0 aliphatic heterocycles. The number of nitrogens with two attached hydrogens (primary N) is 1. The molecule has 94 valence electrons. The molecule has 1 aromatic heterocycles. The van der Waals surface area contributed by atoms with Crippen LogP contribution in [0.15, 0.2) is 42.7 Å². The van der Waals surface area contributed by atoms with Crippen LogP contribution in [0.4, 0.5) is 5.82 Å². The van der Waals surface area contributed by atoms with Crippen LogP contribution in [0.3, 0.4) is 0 Å². The molecule has 0 fully saturated rings. The van der Waals surface area contributed by atoms with E-state index in [9.17, 15) is 0 Å². The molecule has 2 aromatic rings. The van der Waals surface area contributed by atoms with Crippen molar-refractivity contribution in [2.45, 2.75) is 6.61 Å². The van der Waals surface area contributed by atoms with E-state index < -0.39 is 0 Å². The fourth-order valence-corrected chi connectivity index (χ4v) is 1.35. The number of rotatable bonds is 6. The standard InChI is InChI=1S/C13H15N3O2/c14-13-9-15-11(8-16-13)10-17-6-7-18-12-4-2-1-3-5-12/h1-5,8-9H,6-7,10H2,(H2,14,16). The number of hydrogen-bond acceptors (Lipinski definition) is 5. The first-order valence-electron chi connectivity index (χ1n) is 5.66. The summed E-state index contributed by atoms with van der Waals surface area (Å²) in [6, 6.07) is 9.63. The van der Waals surface area contributed by atoms with Gasteiger partial charge in [-0.15, -0.1) is 0 Å². The van der Waals surface area contributed by atoms with Gasteiger partial charge in [-0.05, 0) is 12.1 Å². The van der Waals surface area contributed by atoms with Crippen LogP contribution in [-0.2, 0) is 11.3 Å². The Bertz CT molecular complexity index is 459. The molecule has 18 heavy (non-hydrogen) atoms. The Hall–Kier alpha value is -2.14. The van der Waals surface area contributed by atoms with Crippen LogP contribution in [0.1, 0.15) is 5.69 Å². The van der Waals surface area contributed by atoms with Gasteiger partial charge in [0.05, 0.1) is 31.3 Å².